The zero-order valence-electron chi connectivity index (χ0n) is 15.8. The predicted molar refractivity (Wildman–Crippen MR) is 105 cm³/mol. The fraction of sp³-hybridized carbons (Fsp3) is 0.381. The molecule has 1 atom stereocenters. The lowest BCUT2D eigenvalue weighted by atomic mass is 10.1. The topological polar surface area (TPSA) is 47.6 Å². The molecule has 4 nitrogen and oxygen atoms in total. The Kier molecular flexibility index (Phi) is 7.34. The van der Waals surface area contributed by atoms with Gasteiger partial charge in [0.2, 0.25) is 0 Å². The Bertz CT molecular complexity index is 761. The molecule has 2 rings (SSSR count). The van der Waals surface area contributed by atoms with Crippen LogP contribution in [0.15, 0.2) is 36.4 Å². The number of carbonyl (C=O) groups is 1. The number of amides is 1. The molecular formula is C21H26ClNO3. The molecule has 26 heavy (non-hydrogen) atoms. The van der Waals surface area contributed by atoms with Gasteiger partial charge in [0.15, 0.2) is 6.10 Å². The molecule has 0 aliphatic rings. The van der Waals surface area contributed by atoms with Gasteiger partial charge in [0.25, 0.3) is 5.91 Å². The Morgan fingerprint density at radius 3 is 2.54 bits per heavy atom. The quantitative estimate of drug-likeness (QED) is 0.685. The molecule has 2 aromatic rings. The SMILES string of the molecule is CC[C@H](Oc1cc(C)ccc1C)C(=O)NCCOc1ccc(C)c(Cl)c1. The minimum atomic E-state index is -0.524. The molecule has 1 N–H and O–H groups in total. The lowest BCUT2D eigenvalue weighted by Crippen LogP contribution is -2.39. The van der Waals surface area contributed by atoms with Crippen LogP contribution in [-0.2, 0) is 4.79 Å². The van der Waals surface area contributed by atoms with Crippen LogP contribution in [0.3, 0.4) is 0 Å². The van der Waals surface area contributed by atoms with Crippen LogP contribution in [0, 0.1) is 20.8 Å². The van der Waals surface area contributed by atoms with Gasteiger partial charge in [0, 0.05) is 5.02 Å². The van der Waals surface area contributed by atoms with E-state index < -0.39 is 6.10 Å². The van der Waals surface area contributed by atoms with E-state index in [1.807, 2.05) is 58.0 Å². The number of hydrogen-bond acceptors (Lipinski definition) is 3. The molecule has 2 aromatic carbocycles. The van der Waals surface area contributed by atoms with Crippen molar-refractivity contribution in [3.8, 4) is 11.5 Å². The van der Waals surface area contributed by atoms with Crippen molar-refractivity contribution in [3.05, 3.63) is 58.1 Å². The van der Waals surface area contributed by atoms with Crippen LogP contribution in [0.25, 0.3) is 0 Å². The standard InChI is InChI=1S/C21H26ClNO3/c1-5-19(26-20-12-14(2)6-7-16(20)4)21(24)23-10-11-25-17-9-8-15(3)18(22)13-17/h6-9,12-13,19H,5,10-11H2,1-4H3,(H,23,24)/t19-/m0/s1. The van der Waals surface area contributed by atoms with Gasteiger partial charge in [-0.3, -0.25) is 4.79 Å². The molecule has 0 fully saturated rings. The summed E-state index contributed by atoms with van der Waals surface area (Å²) >= 11 is 6.07. The maximum absolute atomic E-state index is 12.4. The third-order valence-corrected chi connectivity index (χ3v) is 4.50. The molecule has 0 aromatic heterocycles. The van der Waals surface area contributed by atoms with E-state index in [2.05, 4.69) is 5.32 Å². The van der Waals surface area contributed by atoms with Crippen LogP contribution in [0.5, 0.6) is 11.5 Å². The molecule has 0 aliphatic heterocycles. The number of rotatable bonds is 8. The third kappa shape index (κ3) is 5.67. The number of hydrogen-bond donors (Lipinski definition) is 1. The fourth-order valence-corrected chi connectivity index (χ4v) is 2.60. The Balaban J connectivity index is 1.83. The lowest BCUT2D eigenvalue weighted by Gasteiger charge is -2.19. The van der Waals surface area contributed by atoms with Crippen molar-refractivity contribution < 1.29 is 14.3 Å². The third-order valence-electron chi connectivity index (χ3n) is 4.09. The minimum absolute atomic E-state index is 0.140. The molecule has 0 saturated heterocycles. The molecule has 0 heterocycles. The van der Waals surface area contributed by atoms with Gasteiger partial charge in [-0.05, 0) is 62.1 Å². The lowest BCUT2D eigenvalue weighted by molar-refractivity contribution is -0.128. The van der Waals surface area contributed by atoms with Gasteiger partial charge in [0.1, 0.15) is 18.1 Å². The van der Waals surface area contributed by atoms with Crippen LogP contribution in [-0.4, -0.2) is 25.2 Å². The van der Waals surface area contributed by atoms with Crippen molar-refractivity contribution in [1.82, 2.24) is 5.32 Å². The van der Waals surface area contributed by atoms with Gasteiger partial charge >= 0.3 is 0 Å². The summed E-state index contributed by atoms with van der Waals surface area (Å²) in [6, 6.07) is 11.5. The van der Waals surface area contributed by atoms with Gasteiger partial charge in [-0.1, -0.05) is 36.7 Å². The summed E-state index contributed by atoms with van der Waals surface area (Å²) in [5, 5.41) is 3.53. The zero-order chi connectivity index (χ0) is 19.1. The summed E-state index contributed by atoms with van der Waals surface area (Å²) in [6.07, 6.45) is 0.0671. The summed E-state index contributed by atoms with van der Waals surface area (Å²) in [5.41, 5.74) is 3.12. The van der Waals surface area contributed by atoms with Gasteiger partial charge in [0.05, 0.1) is 6.54 Å². The Hall–Kier alpha value is -2.20. The van der Waals surface area contributed by atoms with E-state index in [0.717, 1.165) is 22.4 Å². The molecule has 0 unspecified atom stereocenters. The van der Waals surface area contributed by atoms with Crippen molar-refractivity contribution in [3.63, 3.8) is 0 Å². The monoisotopic (exact) mass is 375 g/mol. The summed E-state index contributed by atoms with van der Waals surface area (Å²) < 4.78 is 11.5. The highest BCUT2D eigenvalue weighted by Crippen LogP contribution is 2.22. The van der Waals surface area contributed by atoms with E-state index in [0.29, 0.717) is 30.3 Å². The summed E-state index contributed by atoms with van der Waals surface area (Å²) in [4.78, 5) is 12.4. The van der Waals surface area contributed by atoms with Gasteiger partial charge in [-0.15, -0.1) is 0 Å². The number of benzene rings is 2. The first kappa shape index (κ1) is 20.1. The van der Waals surface area contributed by atoms with Crippen molar-refractivity contribution in [2.45, 2.75) is 40.2 Å². The van der Waals surface area contributed by atoms with E-state index in [4.69, 9.17) is 21.1 Å². The van der Waals surface area contributed by atoms with Gasteiger partial charge in [-0.2, -0.15) is 0 Å². The molecule has 0 spiro atoms. The molecule has 0 radical (unpaired) electrons. The molecule has 0 bridgehead atoms. The zero-order valence-corrected chi connectivity index (χ0v) is 16.5. The molecule has 140 valence electrons. The smallest absolute Gasteiger partial charge is 0.261 e. The number of nitrogens with one attached hydrogen (secondary N) is 1. The van der Waals surface area contributed by atoms with Gasteiger partial charge in [-0.25, -0.2) is 0 Å². The second-order valence-corrected chi connectivity index (χ2v) is 6.74. The highest BCUT2D eigenvalue weighted by molar-refractivity contribution is 6.31. The first-order valence-corrected chi connectivity index (χ1v) is 9.19. The van der Waals surface area contributed by atoms with Crippen molar-refractivity contribution in [2.24, 2.45) is 0 Å². The molecule has 0 saturated carbocycles. The van der Waals surface area contributed by atoms with Gasteiger partial charge < -0.3 is 14.8 Å². The van der Waals surface area contributed by atoms with Crippen molar-refractivity contribution >= 4 is 17.5 Å². The van der Waals surface area contributed by atoms with Crippen LogP contribution in [0.1, 0.15) is 30.0 Å². The molecule has 1 amide bonds. The fourth-order valence-electron chi connectivity index (χ4n) is 2.43. The average Bonchev–Trinajstić information content (AvgIpc) is 2.62. The van der Waals surface area contributed by atoms with E-state index >= 15 is 0 Å². The Labute approximate surface area is 160 Å². The second kappa shape index (κ2) is 9.48. The minimum Gasteiger partial charge on any atom is -0.492 e. The Morgan fingerprint density at radius 2 is 1.85 bits per heavy atom. The summed E-state index contributed by atoms with van der Waals surface area (Å²) in [5.74, 6) is 1.30. The van der Waals surface area contributed by atoms with Crippen LogP contribution < -0.4 is 14.8 Å². The molecular weight excluding hydrogens is 350 g/mol. The predicted octanol–water partition coefficient (Wildman–Crippen LogP) is 4.62. The normalized spacial score (nSPS) is 11.7. The number of halogens is 1. The summed E-state index contributed by atoms with van der Waals surface area (Å²) in [6.45, 7) is 8.61. The maximum Gasteiger partial charge on any atom is 0.261 e. The van der Waals surface area contributed by atoms with Crippen molar-refractivity contribution in [2.75, 3.05) is 13.2 Å². The van der Waals surface area contributed by atoms with E-state index in [1.54, 1.807) is 6.07 Å². The van der Waals surface area contributed by atoms with Crippen LogP contribution >= 0.6 is 11.6 Å². The highest BCUT2D eigenvalue weighted by Gasteiger charge is 2.18. The average molecular weight is 376 g/mol. The molecule has 0 aliphatic carbocycles. The number of aryl methyl sites for hydroxylation is 3. The van der Waals surface area contributed by atoms with E-state index in [-0.39, 0.29) is 5.91 Å². The molecule has 5 heteroatoms. The van der Waals surface area contributed by atoms with Crippen LogP contribution in [0.2, 0.25) is 5.02 Å². The summed E-state index contributed by atoms with van der Waals surface area (Å²) in [7, 11) is 0. The van der Waals surface area contributed by atoms with E-state index in [1.165, 1.54) is 0 Å². The highest BCUT2D eigenvalue weighted by atomic mass is 35.5. The largest absolute Gasteiger partial charge is 0.492 e. The Morgan fingerprint density at radius 1 is 1.12 bits per heavy atom. The van der Waals surface area contributed by atoms with Crippen LogP contribution in [0.4, 0.5) is 0 Å². The number of ether oxygens (including phenoxy) is 2. The second-order valence-electron chi connectivity index (χ2n) is 6.33. The first-order chi connectivity index (χ1) is 12.4. The van der Waals surface area contributed by atoms with Crippen molar-refractivity contribution in [1.29, 1.82) is 0 Å². The maximum atomic E-state index is 12.4. The van der Waals surface area contributed by atoms with E-state index in [9.17, 15) is 4.79 Å². The first-order valence-electron chi connectivity index (χ1n) is 8.81. The number of carbonyl (C=O) groups excluding carboxylic acids is 1.